The highest BCUT2D eigenvalue weighted by Gasteiger charge is 2.33. The van der Waals surface area contributed by atoms with Crippen LogP contribution in [0.5, 0.6) is 0 Å². The number of carbonyl (C=O) groups is 1. The quantitative estimate of drug-likeness (QED) is 0.475. The summed E-state index contributed by atoms with van der Waals surface area (Å²) >= 11 is 1.24. The molecule has 7 nitrogen and oxygen atoms in total. The van der Waals surface area contributed by atoms with Gasteiger partial charge in [-0.3, -0.25) is 4.79 Å². The van der Waals surface area contributed by atoms with E-state index in [9.17, 15) is 17.6 Å². The molecule has 2 aromatic carbocycles. The molecule has 176 valence electrons. The van der Waals surface area contributed by atoms with Gasteiger partial charge in [-0.25, -0.2) is 12.8 Å². The predicted molar refractivity (Wildman–Crippen MR) is 125 cm³/mol. The Morgan fingerprint density at radius 1 is 1.24 bits per heavy atom. The van der Waals surface area contributed by atoms with E-state index in [1.807, 2.05) is 11.5 Å². The Balaban J connectivity index is 1.61. The standard InChI is InChI=1S/C23H26FN3O4S2/c1-2-31-14-13-27-20-11-10-18(24)15-21(20)32-23(27)25-22(28)17-7-6-12-26(16-17)33(29,30)19-8-4-3-5-9-19/h3-5,8-11,15,17H,2,6-7,12-14,16H2,1H3. The van der Waals surface area contributed by atoms with Crippen LogP contribution in [0.4, 0.5) is 4.39 Å². The van der Waals surface area contributed by atoms with Gasteiger partial charge in [-0.2, -0.15) is 9.30 Å². The van der Waals surface area contributed by atoms with Crippen LogP contribution in [-0.4, -0.2) is 49.5 Å². The maximum Gasteiger partial charge on any atom is 0.252 e. The van der Waals surface area contributed by atoms with Crippen LogP contribution in [-0.2, 0) is 26.1 Å². The topological polar surface area (TPSA) is 81.0 Å². The van der Waals surface area contributed by atoms with Crippen LogP contribution in [0.25, 0.3) is 10.2 Å². The summed E-state index contributed by atoms with van der Waals surface area (Å²) in [4.78, 5) is 18.1. The third kappa shape index (κ3) is 5.24. The number of hydrogen-bond acceptors (Lipinski definition) is 5. The molecule has 1 atom stereocenters. The summed E-state index contributed by atoms with van der Waals surface area (Å²) in [5, 5.41) is 0. The summed E-state index contributed by atoms with van der Waals surface area (Å²) in [6.07, 6.45) is 1.15. The zero-order valence-corrected chi connectivity index (χ0v) is 19.9. The van der Waals surface area contributed by atoms with Gasteiger partial charge in [-0.05, 0) is 50.1 Å². The van der Waals surface area contributed by atoms with Crippen LogP contribution in [0.3, 0.4) is 0 Å². The molecule has 1 aromatic heterocycles. The average molecular weight is 492 g/mol. The molecule has 2 heterocycles. The van der Waals surface area contributed by atoms with Crippen LogP contribution >= 0.6 is 11.3 Å². The van der Waals surface area contributed by atoms with Crippen molar-refractivity contribution in [1.82, 2.24) is 8.87 Å². The minimum atomic E-state index is -3.67. The minimum Gasteiger partial charge on any atom is -0.380 e. The van der Waals surface area contributed by atoms with E-state index in [1.54, 1.807) is 36.4 Å². The Morgan fingerprint density at radius 3 is 2.79 bits per heavy atom. The van der Waals surface area contributed by atoms with E-state index in [4.69, 9.17) is 4.74 Å². The van der Waals surface area contributed by atoms with Crippen molar-refractivity contribution in [1.29, 1.82) is 0 Å². The number of benzene rings is 2. The normalized spacial score (nSPS) is 18.1. The molecule has 1 fully saturated rings. The maximum absolute atomic E-state index is 13.7. The molecule has 1 unspecified atom stereocenters. The Bertz CT molecular complexity index is 1300. The Hall–Kier alpha value is -2.40. The van der Waals surface area contributed by atoms with Crippen molar-refractivity contribution < 1.29 is 22.3 Å². The van der Waals surface area contributed by atoms with E-state index in [0.29, 0.717) is 48.6 Å². The van der Waals surface area contributed by atoms with E-state index in [2.05, 4.69) is 4.99 Å². The first-order valence-electron chi connectivity index (χ1n) is 10.9. The zero-order chi connectivity index (χ0) is 23.4. The van der Waals surface area contributed by atoms with Gasteiger partial charge in [0.25, 0.3) is 5.91 Å². The molecule has 1 saturated heterocycles. The molecule has 0 bridgehead atoms. The van der Waals surface area contributed by atoms with E-state index < -0.39 is 15.9 Å². The molecule has 0 spiro atoms. The lowest BCUT2D eigenvalue weighted by Crippen LogP contribution is -2.42. The van der Waals surface area contributed by atoms with Crippen molar-refractivity contribution in [3.63, 3.8) is 0 Å². The summed E-state index contributed by atoms with van der Waals surface area (Å²) < 4.78 is 49.1. The van der Waals surface area contributed by atoms with Crippen molar-refractivity contribution in [2.75, 3.05) is 26.3 Å². The van der Waals surface area contributed by atoms with Gasteiger partial charge < -0.3 is 9.30 Å². The summed E-state index contributed by atoms with van der Waals surface area (Å²) in [5.74, 6) is -1.24. The van der Waals surface area contributed by atoms with Crippen LogP contribution in [0.2, 0.25) is 0 Å². The highest BCUT2D eigenvalue weighted by molar-refractivity contribution is 7.89. The van der Waals surface area contributed by atoms with Gasteiger partial charge in [-0.15, -0.1) is 0 Å². The van der Waals surface area contributed by atoms with Gasteiger partial charge in [-0.1, -0.05) is 29.5 Å². The fourth-order valence-electron chi connectivity index (χ4n) is 3.94. The van der Waals surface area contributed by atoms with Gasteiger partial charge in [0.05, 0.1) is 27.6 Å². The average Bonchev–Trinajstić information content (AvgIpc) is 3.15. The number of nitrogens with zero attached hydrogens (tertiary/aromatic N) is 3. The SMILES string of the molecule is CCOCCn1c(=NC(=O)C2CCCN(S(=O)(=O)c3ccccc3)C2)sc2cc(F)ccc21. The van der Waals surface area contributed by atoms with E-state index in [0.717, 1.165) is 5.52 Å². The Kier molecular flexibility index (Phi) is 7.38. The van der Waals surface area contributed by atoms with Crippen molar-refractivity contribution in [2.24, 2.45) is 10.9 Å². The molecule has 1 aliphatic heterocycles. The molecular formula is C23H26FN3O4S2. The zero-order valence-electron chi connectivity index (χ0n) is 18.3. The number of thiazole rings is 1. The lowest BCUT2D eigenvalue weighted by Gasteiger charge is -2.30. The first kappa shape index (κ1) is 23.7. The van der Waals surface area contributed by atoms with Gasteiger partial charge in [0.15, 0.2) is 4.80 Å². The fourth-order valence-corrected chi connectivity index (χ4v) is 6.57. The smallest absolute Gasteiger partial charge is 0.252 e. The monoisotopic (exact) mass is 491 g/mol. The number of sulfonamides is 1. The molecule has 0 radical (unpaired) electrons. The maximum atomic E-state index is 13.7. The lowest BCUT2D eigenvalue weighted by atomic mass is 9.99. The summed E-state index contributed by atoms with van der Waals surface area (Å²) in [6, 6.07) is 12.7. The summed E-state index contributed by atoms with van der Waals surface area (Å²) in [6.45, 7) is 3.85. The third-order valence-corrected chi connectivity index (χ3v) is 8.55. The molecule has 33 heavy (non-hydrogen) atoms. The molecule has 3 aromatic rings. The lowest BCUT2D eigenvalue weighted by molar-refractivity contribution is -0.122. The van der Waals surface area contributed by atoms with E-state index in [1.165, 1.54) is 27.8 Å². The number of piperidine rings is 1. The molecule has 4 rings (SSSR count). The highest BCUT2D eigenvalue weighted by Crippen LogP contribution is 2.25. The van der Waals surface area contributed by atoms with Crippen LogP contribution in [0, 0.1) is 11.7 Å². The van der Waals surface area contributed by atoms with E-state index in [-0.39, 0.29) is 23.2 Å². The van der Waals surface area contributed by atoms with Crippen LogP contribution in [0.15, 0.2) is 58.4 Å². The summed E-state index contributed by atoms with van der Waals surface area (Å²) in [5.41, 5.74) is 0.782. The second-order valence-electron chi connectivity index (χ2n) is 7.81. The van der Waals surface area contributed by atoms with Crippen LogP contribution < -0.4 is 4.80 Å². The number of carbonyl (C=O) groups excluding carboxylic acids is 1. The Labute approximate surface area is 196 Å². The van der Waals surface area contributed by atoms with Gasteiger partial charge in [0.1, 0.15) is 5.82 Å². The number of amides is 1. The number of rotatable bonds is 7. The number of halogens is 1. The molecule has 1 aliphatic rings. The molecule has 10 heteroatoms. The fraction of sp³-hybridized carbons (Fsp3) is 0.391. The first-order valence-corrected chi connectivity index (χ1v) is 13.2. The van der Waals surface area contributed by atoms with Gasteiger partial charge in [0, 0.05) is 26.2 Å². The molecule has 0 saturated carbocycles. The second kappa shape index (κ2) is 10.3. The predicted octanol–water partition coefficient (Wildman–Crippen LogP) is 3.41. The molecular weight excluding hydrogens is 465 g/mol. The van der Waals surface area contributed by atoms with Crippen molar-refractivity contribution in [3.05, 3.63) is 59.1 Å². The molecule has 0 N–H and O–H groups in total. The van der Waals surface area contributed by atoms with Crippen molar-refractivity contribution in [3.8, 4) is 0 Å². The minimum absolute atomic E-state index is 0.0953. The van der Waals surface area contributed by atoms with Gasteiger partial charge in [0.2, 0.25) is 10.0 Å². The molecule has 0 aliphatic carbocycles. The highest BCUT2D eigenvalue weighted by atomic mass is 32.2. The number of hydrogen-bond donors (Lipinski definition) is 0. The Morgan fingerprint density at radius 2 is 2.03 bits per heavy atom. The van der Waals surface area contributed by atoms with Crippen molar-refractivity contribution in [2.45, 2.75) is 31.2 Å². The summed E-state index contributed by atoms with van der Waals surface area (Å²) in [7, 11) is -3.67. The number of aromatic nitrogens is 1. The van der Waals surface area contributed by atoms with Crippen LogP contribution in [0.1, 0.15) is 19.8 Å². The number of fused-ring (bicyclic) bond motifs is 1. The third-order valence-electron chi connectivity index (χ3n) is 5.63. The van der Waals surface area contributed by atoms with Crippen molar-refractivity contribution >= 4 is 37.5 Å². The largest absolute Gasteiger partial charge is 0.380 e. The number of ether oxygens (including phenoxy) is 1. The first-order chi connectivity index (χ1) is 15.9. The van der Waals surface area contributed by atoms with Gasteiger partial charge >= 0.3 is 0 Å². The van der Waals surface area contributed by atoms with E-state index >= 15 is 0 Å². The second-order valence-corrected chi connectivity index (χ2v) is 10.8. The molecule has 1 amide bonds.